The van der Waals surface area contributed by atoms with Crippen LogP contribution in [0.1, 0.15) is 35.2 Å². The van der Waals surface area contributed by atoms with Crippen molar-refractivity contribution in [3.05, 3.63) is 46.6 Å². The van der Waals surface area contributed by atoms with Crippen molar-refractivity contribution in [2.24, 2.45) is 5.92 Å². The lowest BCUT2D eigenvalue weighted by atomic mass is 9.95. The van der Waals surface area contributed by atoms with Gasteiger partial charge in [-0.2, -0.15) is 9.64 Å². The summed E-state index contributed by atoms with van der Waals surface area (Å²) in [6.45, 7) is 6.08. The smallest absolute Gasteiger partial charge is 0.223 e. The zero-order chi connectivity index (χ0) is 17.8. The lowest BCUT2D eigenvalue weighted by molar-refractivity contribution is -0.125. The van der Waals surface area contributed by atoms with Crippen LogP contribution in [-0.2, 0) is 11.3 Å². The van der Waals surface area contributed by atoms with E-state index in [1.54, 1.807) is 0 Å². The number of rotatable bonds is 4. The first kappa shape index (κ1) is 17.4. The Balaban J connectivity index is 1.52. The molecule has 0 bridgehead atoms. The highest BCUT2D eigenvalue weighted by atomic mass is 32.1. The van der Waals surface area contributed by atoms with E-state index in [9.17, 15) is 10.1 Å². The molecule has 1 N–H and O–H groups in total. The van der Waals surface area contributed by atoms with Crippen LogP contribution < -0.4 is 10.2 Å². The predicted molar refractivity (Wildman–Crippen MR) is 99.5 cm³/mol. The quantitative estimate of drug-likeness (QED) is 0.916. The molecule has 0 radical (unpaired) electrons. The van der Waals surface area contributed by atoms with E-state index in [0.717, 1.165) is 42.2 Å². The molecule has 1 fully saturated rings. The Bertz CT molecular complexity index is 783. The highest BCUT2D eigenvalue weighted by molar-refractivity contribution is 7.10. The summed E-state index contributed by atoms with van der Waals surface area (Å²) in [5.41, 5.74) is 3.81. The summed E-state index contributed by atoms with van der Waals surface area (Å²) in [5, 5.41) is 13.3. The van der Waals surface area contributed by atoms with Crippen molar-refractivity contribution >= 4 is 22.4 Å². The maximum Gasteiger partial charge on any atom is 0.223 e. The van der Waals surface area contributed by atoms with Crippen molar-refractivity contribution in [2.45, 2.75) is 33.2 Å². The molecule has 1 amide bonds. The molecule has 2 aromatic rings. The molecule has 0 aliphatic carbocycles. The number of hydrogen-bond donors (Lipinski definition) is 1. The van der Waals surface area contributed by atoms with Crippen molar-refractivity contribution in [3.8, 4) is 6.07 Å². The second kappa shape index (κ2) is 7.66. The fourth-order valence-electron chi connectivity index (χ4n) is 3.09. The van der Waals surface area contributed by atoms with Crippen LogP contribution in [0.25, 0.3) is 0 Å². The van der Waals surface area contributed by atoms with Gasteiger partial charge in [0.25, 0.3) is 0 Å². The number of amides is 1. The number of hydrogen-bond acceptors (Lipinski definition) is 5. The van der Waals surface area contributed by atoms with Gasteiger partial charge in [-0.25, -0.2) is 0 Å². The van der Waals surface area contributed by atoms with Gasteiger partial charge in [-0.1, -0.05) is 29.8 Å². The molecule has 1 aliphatic heterocycles. The Morgan fingerprint density at radius 1 is 1.32 bits per heavy atom. The number of benzene rings is 1. The maximum absolute atomic E-state index is 12.4. The number of nitriles is 1. The molecule has 1 aliphatic rings. The first-order chi connectivity index (χ1) is 12.1. The number of aromatic nitrogens is 1. The lowest BCUT2D eigenvalue weighted by Gasteiger charge is -2.31. The van der Waals surface area contributed by atoms with E-state index in [1.165, 1.54) is 17.1 Å². The minimum absolute atomic E-state index is 0.0428. The topological polar surface area (TPSA) is 69.0 Å². The van der Waals surface area contributed by atoms with E-state index in [1.807, 2.05) is 19.1 Å². The van der Waals surface area contributed by atoms with Gasteiger partial charge in [0, 0.05) is 25.6 Å². The SMILES string of the molecule is Cc1ccc(CNC(=O)C2CCN(c3snc(C)c3C#N)CC2)cc1. The van der Waals surface area contributed by atoms with Gasteiger partial charge in [0.05, 0.1) is 5.69 Å². The zero-order valence-electron chi connectivity index (χ0n) is 14.6. The maximum atomic E-state index is 12.4. The highest BCUT2D eigenvalue weighted by Crippen LogP contribution is 2.31. The summed E-state index contributed by atoms with van der Waals surface area (Å²) in [5.74, 6) is 0.169. The van der Waals surface area contributed by atoms with E-state index in [4.69, 9.17) is 0 Å². The van der Waals surface area contributed by atoms with Gasteiger partial charge < -0.3 is 10.2 Å². The normalized spacial score (nSPS) is 15.0. The lowest BCUT2D eigenvalue weighted by Crippen LogP contribution is -2.40. The van der Waals surface area contributed by atoms with Crippen LogP contribution in [-0.4, -0.2) is 23.4 Å². The Morgan fingerprint density at radius 3 is 2.64 bits per heavy atom. The summed E-state index contributed by atoms with van der Waals surface area (Å²) in [6, 6.07) is 10.5. The number of aryl methyl sites for hydroxylation is 2. The second-order valence-corrected chi connectivity index (χ2v) is 7.28. The molecule has 6 heteroatoms. The van der Waals surface area contributed by atoms with Gasteiger partial charge in [0.15, 0.2) is 0 Å². The molecule has 25 heavy (non-hydrogen) atoms. The van der Waals surface area contributed by atoms with Crippen molar-refractivity contribution < 1.29 is 4.79 Å². The molecule has 0 saturated carbocycles. The molecule has 0 unspecified atom stereocenters. The second-order valence-electron chi connectivity index (χ2n) is 6.52. The van der Waals surface area contributed by atoms with Crippen LogP contribution in [0.5, 0.6) is 0 Å². The third-order valence-corrected chi connectivity index (χ3v) is 5.70. The first-order valence-corrected chi connectivity index (χ1v) is 9.30. The van der Waals surface area contributed by atoms with Crippen LogP contribution in [0.15, 0.2) is 24.3 Å². The van der Waals surface area contributed by atoms with Gasteiger partial charge in [0.1, 0.15) is 16.6 Å². The van der Waals surface area contributed by atoms with Crippen molar-refractivity contribution in [1.29, 1.82) is 5.26 Å². The molecular weight excluding hydrogens is 332 g/mol. The first-order valence-electron chi connectivity index (χ1n) is 8.53. The number of nitrogens with one attached hydrogen (secondary N) is 1. The van der Waals surface area contributed by atoms with Crippen LogP contribution in [0.2, 0.25) is 0 Å². The van der Waals surface area contributed by atoms with Crippen LogP contribution in [0.4, 0.5) is 5.00 Å². The van der Waals surface area contributed by atoms with E-state index < -0.39 is 0 Å². The minimum atomic E-state index is 0.0428. The Kier molecular flexibility index (Phi) is 5.34. The van der Waals surface area contributed by atoms with E-state index in [-0.39, 0.29) is 11.8 Å². The van der Waals surface area contributed by atoms with Gasteiger partial charge >= 0.3 is 0 Å². The number of nitrogens with zero attached hydrogens (tertiary/aromatic N) is 3. The van der Waals surface area contributed by atoms with Gasteiger partial charge in [-0.3, -0.25) is 4.79 Å². The molecule has 1 aromatic carbocycles. The fraction of sp³-hybridized carbons (Fsp3) is 0.421. The van der Waals surface area contributed by atoms with Gasteiger partial charge in [-0.15, -0.1) is 0 Å². The van der Waals surface area contributed by atoms with Crippen LogP contribution in [0, 0.1) is 31.1 Å². The molecule has 0 atom stereocenters. The molecule has 2 heterocycles. The third kappa shape index (κ3) is 3.99. The van der Waals surface area contributed by atoms with Gasteiger partial charge in [-0.05, 0) is 43.8 Å². The monoisotopic (exact) mass is 354 g/mol. The summed E-state index contributed by atoms with van der Waals surface area (Å²) < 4.78 is 4.28. The van der Waals surface area contributed by atoms with Crippen LogP contribution >= 0.6 is 11.5 Å². The molecule has 3 rings (SSSR count). The molecule has 5 nitrogen and oxygen atoms in total. The van der Waals surface area contributed by atoms with Crippen molar-refractivity contribution in [3.63, 3.8) is 0 Å². The Morgan fingerprint density at radius 2 is 2.00 bits per heavy atom. The van der Waals surface area contributed by atoms with Gasteiger partial charge in [0.2, 0.25) is 5.91 Å². The molecule has 1 saturated heterocycles. The van der Waals surface area contributed by atoms with Crippen LogP contribution in [0.3, 0.4) is 0 Å². The van der Waals surface area contributed by atoms with E-state index >= 15 is 0 Å². The predicted octanol–water partition coefficient (Wildman–Crippen LogP) is 3.16. The zero-order valence-corrected chi connectivity index (χ0v) is 15.4. The summed E-state index contributed by atoms with van der Waals surface area (Å²) in [4.78, 5) is 14.6. The highest BCUT2D eigenvalue weighted by Gasteiger charge is 2.27. The fourth-order valence-corrected chi connectivity index (χ4v) is 3.98. The minimum Gasteiger partial charge on any atom is -0.361 e. The number of piperidine rings is 1. The summed E-state index contributed by atoms with van der Waals surface area (Å²) >= 11 is 1.38. The molecular formula is C19H22N4OS. The largest absolute Gasteiger partial charge is 0.361 e. The van der Waals surface area contributed by atoms with Crippen molar-refractivity contribution in [1.82, 2.24) is 9.69 Å². The Hall–Kier alpha value is -2.39. The number of carbonyl (C=O) groups excluding carboxylic acids is 1. The summed E-state index contributed by atoms with van der Waals surface area (Å²) in [6.07, 6.45) is 1.61. The van der Waals surface area contributed by atoms with E-state index in [0.29, 0.717) is 12.1 Å². The number of anilines is 1. The standard InChI is InChI=1S/C19H22N4OS/c1-13-3-5-15(6-4-13)12-21-18(24)16-7-9-23(10-8-16)19-17(11-20)14(2)22-25-19/h3-6,16H,7-10,12H2,1-2H3,(H,21,24). The average Bonchev–Trinajstić information content (AvgIpc) is 3.01. The average molecular weight is 354 g/mol. The number of carbonyl (C=O) groups is 1. The Labute approximate surface area is 152 Å². The third-order valence-electron chi connectivity index (χ3n) is 4.70. The molecule has 130 valence electrons. The molecule has 1 aromatic heterocycles. The van der Waals surface area contributed by atoms with E-state index in [2.05, 4.69) is 39.7 Å². The summed E-state index contributed by atoms with van der Waals surface area (Å²) in [7, 11) is 0. The van der Waals surface area contributed by atoms with Crippen molar-refractivity contribution in [2.75, 3.05) is 18.0 Å². The molecule has 0 spiro atoms.